The SMILES string of the molecule is CCOc1cccc(CCN(CCC(=O)O)C(=O)c2ccccc2-c2ccccc2C(=O)N(C)Cc2ccccc2)c1. The van der Waals surface area contributed by atoms with Crippen LogP contribution in [0.2, 0.25) is 0 Å². The van der Waals surface area contributed by atoms with E-state index < -0.39 is 5.97 Å². The third-order valence-corrected chi connectivity index (χ3v) is 6.98. The Balaban J connectivity index is 1.62. The standard InChI is InChI=1S/C35H36N2O5/c1-3-42-28-15-11-14-26(24-28)20-22-37(23-21-33(38)39)35(41)32-19-10-8-17-30(32)29-16-7-9-18-31(29)34(40)36(2)25-27-12-5-4-6-13-27/h4-19,24H,3,20-23,25H2,1-2H3,(H,38,39). The average molecular weight is 565 g/mol. The summed E-state index contributed by atoms with van der Waals surface area (Å²) >= 11 is 0. The summed E-state index contributed by atoms with van der Waals surface area (Å²) in [6, 6.07) is 31.9. The van der Waals surface area contributed by atoms with Gasteiger partial charge in [-0.3, -0.25) is 14.4 Å². The van der Waals surface area contributed by atoms with Crippen molar-refractivity contribution in [3.05, 3.63) is 125 Å². The minimum atomic E-state index is -0.975. The molecule has 4 aromatic carbocycles. The van der Waals surface area contributed by atoms with Crippen LogP contribution in [0.15, 0.2) is 103 Å². The second-order valence-electron chi connectivity index (χ2n) is 10.0. The summed E-state index contributed by atoms with van der Waals surface area (Å²) in [5, 5.41) is 9.39. The van der Waals surface area contributed by atoms with Crippen LogP contribution in [0.25, 0.3) is 11.1 Å². The predicted octanol–water partition coefficient (Wildman–Crippen LogP) is 6.18. The molecule has 0 fully saturated rings. The summed E-state index contributed by atoms with van der Waals surface area (Å²) in [5.74, 6) is -0.666. The van der Waals surface area contributed by atoms with E-state index in [9.17, 15) is 19.5 Å². The van der Waals surface area contributed by atoms with Crippen molar-refractivity contribution >= 4 is 17.8 Å². The zero-order chi connectivity index (χ0) is 29.9. The van der Waals surface area contributed by atoms with Gasteiger partial charge in [-0.25, -0.2) is 0 Å². The van der Waals surface area contributed by atoms with Crippen molar-refractivity contribution in [3.8, 4) is 16.9 Å². The summed E-state index contributed by atoms with van der Waals surface area (Å²) in [4.78, 5) is 42.3. The lowest BCUT2D eigenvalue weighted by Gasteiger charge is -2.24. The maximum absolute atomic E-state index is 14.0. The number of amides is 2. The molecule has 0 saturated carbocycles. The molecule has 0 unspecified atom stereocenters. The van der Waals surface area contributed by atoms with E-state index in [0.717, 1.165) is 16.9 Å². The lowest BCUT2D eigenvalue weighted by atomic mass is 9.94. The lowest BCUT2D eigenvalue weighted by Crippen LogP contribution is -2.35. The fourth-order valence-electron chi connectivity index (χ4n) is 4.88. The monoisotopic (exact) mass is 564 g/mol. The van der Waals surface area contributed by atoms with Crippen LogP contribution >= 0.6 is 0 Å². The molecule has 0 saturated heterocycles. The number of rotatable bonds is 13. The summed E-state index contributed by atoms with van der Waals surface area (Å²) in [6.07, 6.45) is 0.361. The van der Waals surface area contributed by atoms with Crippen LogP contribution in [0.3, 0.4) is 0 Å². The lowest BCUT2D eigenvalue weighted by molar-refractivity contribution is -0.137. The van der Waals surface area contributed by atoms with Crippen LogP contribution in [0.5, 0.6) is 5.75 Å². The summed E-state index contributed by atoms with van der Waals surface area (Å²) in [5.41, 5.74) is 4.17. The molecule has 4 aromatic rings. The molecule has 0 bridgehead atoms. The molecule has 1 N–H and O–H groups in total. The molecule has 2 amide bonds. The fourth-order valence-corrected chi connectivity index (χ4v) is 4.88. The topological polar surface area (TPSA) is 87.1 Å². The van der Waals surface area contributed by atoms with Gasteiger partial charge in [0.1, 0.15) is 5.75 Å². The molecule has 7 nitrogen and oxygen atoms in total. The number of hydrogen-bond donors (Lipinski definition) is 1. The van der Waals surface area contributed by atoms with Gasteiger partial charge in [-0.2, -0.15) is 0 Å². The van der Waals surface area contributed by atoms with Gasteiger partial charge in [0, 0.05) is 37.8 Å². The van der Waals surface area contributed by atoms with Crippen molar-refractivity contribution in [1.82, 2.24) is 9.80 Å². The number of carbonyl (C=O) groups excluding carboxylic acids is 2. The Morgan fingerprint density at radius 3 is 1.95 bits per heavy atom. The van der Waals surface area contributed by atoms with Gasteiger partial charge < -0.3 is 19.6 Å². The second-order valence-corrected chi connectivity index (χ2v) is 10.0. The molecule has 0 heterocycles. The normalized spacial score (nSPS) is 10.6. The van der Waals surface area contributed by atoms with Crippen molar-refractivity contribution in [2.75, 3.05) is 26.7 Å². The van der Waals surface area contributed by atoms with Gasteiger partial charge in [0.25, 0.3) is 11.8 Å². The molecule has 0 radical (unpaired) electrons. The highest BCUT2D eigenvalue weighted by atomic mass is 16.5. The number of benzene rings is 4. The molecule has 0 aliphatic heterocycles. The van der Waals surface area contributed by atoms with E-state index in [1.54, 1.807) is 35.0 Å². The van der Waals surface area contributed by atoms with Crippen molar-refractivity contribution in [1.29, 1.82) is 0 Å². The third-order valence-electron chi connectivity index (χ3n) is 6.98. The number of ether oxygens (including phenoxy) is 1. The van der Waals surface area contributed by atoms with E-state index in [1.165, 1.54) is 0 Å². The van der Waals surface area contributed by atoms with Crippen LogP contribution in [-0.2, 0) is 17.8 Å². The van der Waals surface area contributed by atoms with Gasteiger partial charge in [-0.05, 0) is 59.9 Å². The first kappa shape index (κ1) is 30.1. The minimum absolute atomic E-state index is 0.0635. The van der Waals surface area contributed by atoms with E-state index in [4.69, 9.17) is 4.74 Å². The largest absolute Gasteiger partial charge is 0.494 e. The molecule has 42 heavy (non-hydrogen) atoms. The van der Waals surface area contributed by atoms with Crippen LogP contribution in [0.1, 0.15) is 45.2 Å². The number of carbonyl (C=O) groups is 3. The van der Waals surface area contributed by atoms with E-state index in [2.05, 4.69) is 0 Å². The highest BCUT2D eigenvalue weighted by Crippen LogP contribution is 2.29. The molecule has 0 atom stereocenters. The van der Waals surface area contributed by atoms with Crippen LogP contribution < -0.4 is 4.74 Å². The molecule has 4 rings (SSSR count). The van der Waals surface area contributed by atoms with Gasteiger partial charge in [-0.1, -0.05) is 78.9 Å². The van der Waals surface area contributed by atoms with E-state index in [-0.39, 0.29) is 24.8 Å². The third kappa shape index (κ3) is 7.85. The maximum Gasteiger partial charge on any atom is 0.305 e. The predicted molar refractivity (Wildman–Crippen MR) is 164 cm³/mol. The Morgan fingerprint density at radius 2 is 1.31 bits per heavy atom. The summed E-state index contributed by atoms with van der Waals surface area (Å²) in [7, 11) is 1.76. The van der Waals surface area contributed by atoms with Crippen molar-refractivity contribution in [2.24, 2.45) is 0 Å². The quantitative estimate of drug-likeness (QED) is 0.209. The Morgan fingerprint density at radius 1 is 0.714 bits per heavy atom. The Labute approximate surface area is 247 Å². The number of aliphatic carboxylic acids is 1. The van der Waals surface area contributed by atoms with E-state index in [1.807, 2.05) is 91.9 Å². The number of carboxylic acid groups (broad SMARTS) is 1. The first-order chi connectivity index (χ1) is 20.4. The molecular weight excluding hydrogens is 528 g/mol. The average Bonchev–Trinajstić information content (AvgIpc) is 3.01. The smallest absolute Gasteiger partial charge is 0.305 e. The van der Waals surface area contributed by atoms with Crippen LogP contribution in [0.4, 0.5) is 0 Å². The Hall–Kier alpha value is -4.91. The number of hydrogen-bond acceptors (Lipinski definition) is 4. The molecule has 0 aromatic heterocycles. The van der Waals surface area contributed by atoms with Crippen molar-refractivity contribution < 1.29 is 24.2 Å². The van der Waals surface area contributed by atoms with Gasteiger partial charge >= 0.3 is 5.97 Å². The molecular formula is C35H36N2O5. The Kier molecular flexibility index (Phi) is 10.5. The molecule has 216 valence electrons. The first-order valence-electron chi connectivity index (χ1n) is 14.1. The fraction of sp³-hybridized carbons (Fsp3) is 0.229. The van der Waals surface area contributed by atoms with Crippen molar-refractivity contribution in [3.63, 3.8) is 0 Å². The molecule has 0 aliphatic rings. The van der Waals surface area contributed by atoms with Gasteiger partial charge in [-0.15, -0.1) is 0 Å². The summed E-state index contributed by atoms with van der Waals surface area (Å²) < 4.78 is 5.60. The highest BCUT2D eigenvalue weighted by molar-refractivity contribution is 6.06. The summed E-state index contributed by atoms with van der Waals surface area (Å²) in [6.45, 7) is 3.31. The second kappa shape index (κ2) is 14.6. The van der Waals surface area contributed by atoms with Crippen molar-refractivity contribution in [2.45, 2.75) is 26.3 Å². The van der Waals surface area contributed by atoms with Gasteiger partial charge in [0.05, 0.1) is 13.0 Å². The first-order valence-corrected chi connectivity index (χ1v) is 14.1. The van der Waals surface area contributed by atoms with Crippen LogP contribution in [-0.4, -0.2) is 59.4 Å². The highest BCUT2D eigenvalue weighted by Gasteiger charge is 2.23. The zero-order valence-corrected chi connectivity index (χ0v) is 24.0. The van der Waals surface area contributed by atoms with Crippen LogP contribution in [0, 0.1) is 0 Å². The van der Waals surface area contributed by atoms with E-state index >= 15 is 0 Å². The molecule has 0 aliphatic carbocycles. The minimum Gasteiger partial charge on any atom is -0.494 e. The maximum atomic E-state index is 14.0. The zero-order valence-electron chi connectivity index (χ0n) is 24.0. The molecule has 7 heteroatoms. The van der Waals surface area contributed by atoms with Gasteiger partial charge in [0.15, 0.2) is 0 Å². The Bertz CT molecular complexity index is 1520. The molecule has 0 spiro atoms. The number of nitrogens with zero attached hydrogens (tertiary/aromatic N) is 2. The van der Waals surface area contributed by atoms with E-state index in [0.29, 0.717) is 48.4 Å². The number of carboxylic acids is 1. The van der Waals surface area contributed by atoms with Gasteiger partial charge in [0.2, 0.25) is 0 Å².